The lowest BCUT2D eigenvalue weighted by Gasteiger charge is -2.43. The Kier molecular flexibility index (Phi) is 5.69. The van der Waals surface area contributed by atoms with Crippen molar-refractivity contribution in [3.8, 4) is 0 Å². The van der Waals surface area contributed by atoms with Crippen LogP contribution in [0.25, 0.3) is 0 Å². The minimum atomic E-state index is -0.0506. The first kappa shape index (κ1) is 16.8. The number of nitrogens with zero attached hydrogens (tertiary/aromatic N) is 1. The van der Waals surface area contributed by atoms with Gasteiger partial charge < -0.3 is 10.2 Å². The zero-order valence-corrected chi connectivity index (χ0v) is 14.9. The van der Waals surface area contributed by atoms with E-state index in [9.17, 15) is 4.79 Å². The predicted molar refractivity (Wildman–Crippen MR) is 91.0 cm³/mol. The van der Waals surface area contributed by atoms with E-state index in [0.717, 1.165) is 17.3 Å². The summed E-state index contributed by atoms with van der Waals surface area (Å²) in [4.78, 5) is 14.6. The highest BCUT2D eigenvalue weighted by atomic mass is 79.9. The van der Waals surface area contributed by atoms with Crippen LogP contribution in [0, 0.1) is 0 Å². The molecule has 2 rings (SSSR count). The van der Waals surface area contributed by atoms with Crippen LogP contribution in [-0.4, -0.2) is 37.0 Å². The number of rotatable bonds is 4. The summed E-state index contributed by atoms with van der Waals surface area (Å²) in [5.41, 5.74) is 0.719. The molecule has 0 unspecified atom stereocenters. The van der Waals surface area contributed by atoms with Crippen LogP contribution in [0.2, 0.25) is 5.02 Å². The average Bonchev–Trinajstić information content (AvgIpc) is 2.45. The summed E-state index contributed by atoms with van der Waals surface area (Å²) in [6.07, 6.45) is 6.05. The van der Waals surface area contributed by atoms with Crippen LogP contribution in [0.1, 0.15) is 42.5 Å². The van der Waals surface area contributed by atoms with Gasteiger partial charge in [-0.25, -0.2) is 0 Å². The van der Waals surface area contributed by atoms with Gasteiger partial charge in [0.2, 0.25) is 0 Å². The van der Waals surface area contributed by atoms with Crippen LogP contribution < -0.4 is 5.32 Å². The van der Waals surface area contributed by atoms with Crippen molar-refractivity contribution in [3.05, 3.63) is 33.3 Å². The number of nitrogens with one attached hydrogen (secondary N) is 1. The molecule has 1 aliphatic carbocycles. The molecule has 3 nitrogen and oxygen atoms in total. The lowest BCUT2D eigenvalue weighted by Crippen LogP contribution is -2.53. The lowest BCUT2D eigenvalue weighted by molar-refractivity contribution is 0.0799. The van der Waals surface area contributed by atoms with Crippen molar-refractivity contribution >= 4 is 33.4 Å². The normalized spacial score (nSPS) is 17.8. The fraction of sp³-hybridized carbons (Fsp3) is 0.562. The van der Waals surface area contributed by atoms with E-state index >= 15 is 0 Å². The largest absolute Gasteiger partial charge is 0.350 e. The summed E-state index contributed by atoms with van der Waals surface area (Å²) in [5, 5.41) is 3.72. The number of amides is 1. The highest BCUT2D eigenvalue weighted by Gasteiger charge is 2.34. The molecule has 0 atom stereocenters. The van der Waals surface area contributed by atoms with E-state index in [-0.39, 0.29) is 11.4 Å². The summed E-state index contributed by atoms with van der Waals surface area (Å²) in [6.45, 7) is 0.688. The molecule has 0 spiro atoms. The SMILES string of the molecule is CN(C)C1(CNC(=O)c2ccc(Cl)cc2Br)CCCCC1. The highest BCUT2D eigenvalue weighted by Crippen LogP contribution is 2.31. The Hall–Kier alpha value is -0.580. The molecule has 1 aromatic rings. The molecule has 1 N–H and O–H groups in total. The van der Waals surface area contributed by atoms with E-state index in [2.05, 4.69) is 40.2 Å². The van der Waals surface area contributed by atoms with Crippen LogP contribution in [0.3, 0.4) is 0 Å². The first-order valence-corrected chi connectivity index (χ1v) is 8.52. The zero-order chi connectivity index (χ0) is 15.5. The van der Waals surface area contributed by atoms with Crippen molar-refractivity contribution in [1.82, 2.24) is 10.2 Å². The van der Waals surface area contributed by atoms with Gasteiger partial charge in [0.05, 0.1) is 5.56 Å². The monoisotopic (exact) mass is 372 g/mol. The third-order valence-corrected chi connectivity index (χ3v) is 5.38. The van der Waals surface area contributed by atoms with Gasteiger partial charge in [0.1, 0.15) is 0 Å². The molecule has 21 heavy (non-hydrogen) atoms. The van der Waals surface area contributed by atoms with Gasteiger partial charge in [0, 0.05) is 21.6 Å². The molecular weight excluding hydrogens is 352 g/mol. The lowest BCUT2D eigenvalue weighted by atomic mass is 9.80. The highest BCUT2D eigenvalue weighted by molar-refractivity contribution is 9.10. The molecule has 0 bridgehead atoms. The molecule has 1 aromatic carbocycles. The number of halogens is 2. The topological polar surface area (TPSA) is 32.3 Å². The molecule has 0 aliphatic heterocycles. The van der Waals surface area contributed by atoms with Crippen LogP contribution >= 0.6 is 27.5 Å². The number of likely N-dealkylation sites (N-methyl/N-ethyl adjacent to an activating group) is 1. The van der Waals surface area contributed by atoms with Gasteiger partial charge in [-0.2, -0.15) is 0 Å². The fourth-order valence-corrected chi connectivity index (χ4v) is 3.87. The van der Waals surface area contributed by atoms with Gasteiger partial charge in [0.25, 0.3) is 5.91 Å². The molecule has 1 saturated carbocycles. The number of carbonyl (C=O) groups is 1. The Morgan fingerprint density at radius 1 is 1.33 bits per heavy atom. The van der Waals surface area contributed by atoms with Gasteiger partial charge in [-0.15, -0.1) is 0 Å². The Bertz CT molecular complexity index is 513. The van der Waals surface area contributed by atoms with Crippen molar-refractivity contribution in [3.63, 3.8) is 0 Å². The summed E-state index contributed by atoms with van der Waals surface area (Å²) in [5.74, 6) is -0.0506. The van der Waals surface area contributed by atoms with E-state index in [1.54, 1.807) is 18.2 Å². The molecule has 5 heteroatoms. The van der Waals surface area contributed by atoms with Crippen LogP contribution in [0.5, 0.6) is 0 Å². The fourth-order valence-electron chi connectivity index (χ4n) is 3.01. The molecule has 0 radical (unpaired) electrons. The maximum atomic E-state index is 12.4. The second-order valence-corrected chi connectivity index (χ2v) is 7.28. The predicted octanol–water partition coefficient (Wildman–Crippen LogP) is 4.10. The summed E-state index contributed by atoms with van der Waals surface area (Å²) < 4.78 is 0.732. The van der Waals surface area contributed by atoms with Crippen molar-refractivity contribution in [2.24, 2.45) is 0 Å². The molecule has 116 valence electrons. The van der Waals surface area contributed by atoms with E-state index in [0.29, 0.717) is 17.1 Å². The van der Waals surface area contributed by atoms with Crippen molar-refractivity contribution in [1.29, 1.82) is 0 Å². The maximum Gasteiger partial charge on any atom is 0.252 e. The van der Waals surface area contributed by atoms with E-state index in [1.807, 2.05) is 0 Å². The summed E-state index contributed by atoms with van der Waals surface area (Å²) in [7, 11) is 4.21. The van der Waals surface area contributed by atoms with Crippen molar-refractivity contribution in [2.75, 3.05) is 20.6 Å². The van der Waals surface area contributed by atoms with Gasteiger partial charge in [-0.05, 0) is 61.1 Å². The molecule has 1 aliphatic rings. The van der Waals surface area contributed by atoms with Gasteiger partial charge >= 0.3 is 0 Å². The van der Waals surface area contributed by atoms with Crippen LogP contribution in [-0.2, 0) is 0 Å². The zero-order valence-electron chi connectivity index (χ0n) is 12.6. The van der Waals surface area contributed by atoms with E-state index in [1.165, 1.54) is 19.3 Å². The third-order valence-electron chi connectivity index (χ3n) is 4.49. The van der Waals surface area contributed by atoms with Crippen LogP contribution in [0.4, 0.5) is 0 Å². The van der Waals surface area contributed by atoms with Crippen molar-refractivity contribution in [2.45, 2.75) is 37.6 Å². The quantitative estimate of drug-likeness (QED) is 0.862. The molecule has 1 fully saturated rings. The number of benzene rings is 1. The minimum Gasteiger partial charge on any atom is -0.350 e. The number of hydrogen-bond acceptors (Lipinski definition) is 2. The number of hydrogen-bond donors (Lipinski definition) is 1. The average molecular weight is 374 g/mol. The Labute approximate surface area is 140 Å². The summed E-state index contributed by atoms with van der Waals surface area (Å²) in [6, 6.07) is 5.24. The second kappa shape index (κ2) is 7.12. The van der Waals surface area contributed by atoms with Gasteiger partial charge in [-0.3, -0.25) is 4.79 Å². The minimum absolute atomic E-state index is 0.0506. The molecule has 1 amide bonds. The Morgan fingerprint density at radius 2 is 2.00 bits per heavy atom. The van der Waals surface area contributed by atoms with E-state index < -0.39 is 0 Å². The first-order chi connectivity index (χ1) is 9.94. The third kappa shape index (κ3) is 3.99. The molecular formula is C16H22BrClN2O. The standard InChI is InChI=1S/C16H22BrClN2O/c1-20(2)16(8-4-3-5-9-16)11-19-15(21)13-7-6-12(18)10-14(13)17/h6-7,10H,3-5,8-9,11H2,1-2H3,(H,19,21). The van der Waals surface area contributed by atoms with Crippen LogP contribution in [0.15, 0.2) is 22.7 Å². The molecule has 0 aromatic heterocycles. The van der Waals surface area contributed by atoms with Gasteiger partial charge in [0.15, 0.2) is 0 Å². The Balaban J connectivity index is 2.05. The Morgan fingerprint density at radius 3 is 2.57 bits per heavy atom. The smallest absolute Gasteiger partial charge is 0.252 e. The number of carbonyl (C=O) groups excluding carboxylic acids is 1. The molecule has 0 heterocycles. The second-order valence-electron chi connectivity index (χ2n) is 5.99. The van der Waals surface area contributed by atoms with Gasteiger partial charge in [-0.1, -0.05) is 30.9 Å². The van der Waals surface area contributed by atoms with Crippen molar-refractivity contribution < 1.29 is 4.79 Å². The summed E-state index contributed by atoms with van der Waals surface area (Å²) >= 11 is 9.32. The van der Waals surface area contributed by atoms with E-state index in [4.69, 9.17) is 11.6 Å². The molecule has 0 saturated heterocycles. The maximum absolute atomic E-state index is 12.4. The first-order valence-electron chi connectivity index (χ1n) is 7.35.